The van der Waals surface area contributed by atoms with Crippen molar-refractivity contribution in [2.45, 2.75) is 0 Å². The summed E-state index contributed by atoms with van der Waals surface area (Å²) in [5, 5.41) is 12.4. The van der Waals surface area contributed by atoms with E-state index in [0.717, 1.165) is 0 Å². The number of methoxy groups -OCH3 is 1. The summed E-state index contributed by atoms with van der Waals surface area (Å²) in [6, 6.07) is 11.2. The fraction of sp³-hybridized carbons (Fsp3) is 0.0714. The summed E-state index contributed by atoms with van der Waals surface area (Å²) in [6.45, 7) is 0. The summed E-state index contributed by atoms with van der Waals surface area (Å²) >= 11 is 5.94. The fourth-order valence-corrected chi connectivity index (χ4v) is 1.87. The highest BCUT2D eigenvalue weighted by molar-refractivity contribution is 6.32. The van der Waals surface area contributed by atoms with Gasteiger partial charge in [0.25, 0.3) is 0 Å². The van der Waals surface area contributed by atoms with Crippen LogP contribution in [0.15, 0.2) is 36.4 Å². The number of nitrogens with zero attached hydrogens (tertiary/aromatic N) is 1. The van der Waals surface area contributed by atoms with Crippen molar-refractivity contribution in [1.82, 2.24) is 0 Å². The Morgan fingerprint density at radius 2 is 2.05 bits per heavy atom. The van der Waals surface area contributed by atoms with Gasteiger partial charge in [-0.3, -0.25) is 0 Å². The van der Waals surface area contributed by atoms with Crippen LogP contribution in [0.25, 0.3) is 0 Å². The first kappa shape index (κ1) is 13.2. The number of benzene rings is 2. The minimum Gasteiger partial charge on any atom is -0.494 e. The number of ether oxygens (including phenoxy) is 1. The molecule has 0 amide bonds. The van der Waals surface area contributed by atoms with Crippen molar-refractivity contribution in [3.05, 3.63) is 52.8 Å². The number of hydrogen-bond donors (Lipinski definition) is 1. The van der Waals surface area contributed by atoms with Gasteiger partial charge in [-0.1, -0.05) is 17.7 Å². The first-order valence-electron chi connectivity index (χ1n) is 5.45. The average Bonchev–Trinajstić information content (AvgIpc) is 2.41. The lowest BCUT2D eigenvalue weighted by atomic mass is 10.2. The molecule has 2 rings (SSSR count). The second-order valence-corrected chi connectivity index (χ2v) is 4.15. The SMILES string of the molecule is COc1cc(F)ccc1Nc1cccc(Cl)c1C#N. The standard InChI is InChI=1S/C14H10ClFN2O/c1-19-14-7-9(16)5-6-13(14)18-12-4-2-3-11(15)10(12)8-17/h2-7,18H,1H3. The molecule has 0 saturated heterocycles. The molecule has 0 saturated carbocycles. The summed E-state index contributed by atoms with van der Waals surface area (Å²) in [6.07, 6.45) is 0. The quantitative estimate of drug-likeness (QED) is 0.918. The molecule has 0 bridgehead atoms. The number of anilines is 2. The minimum absolute atomic E-state index is 0.329. The van der Waals surface area contributed by atoms with E-state index in [2.05, 4.69) is 5.32 Å². The summed E-state index contributed by atoms with van der Waals surface area (Å²) < 4.78 is 18.2. The molecule has 5 heteroatoms. The Bertz CT molecular complexity index is 652. The van der Waals surface area contributed by atoms with Crippen molar-refractivity contribution in [3.8, 4) is 11.8 Å². The average molecular weight is 277 g/mol. The van der Waals surface area contributed by atoms with Gasteiger partial charge >= 0.3 is 0 Å². The third-order valence-electron chi connectivity index (χ3n) is 2.56. The van der Waals surface area contributed by atoms with Gasteiger partial charge in [-0.05, 0) is 24.3 Å². The van der Waals surface area contributed by atoms with Gasteiger partial charge in [0, 0.05) is 6.07 Å². The van der Waals surface area contributed by atoms with Gasteiger partial charge in [-0.15, -0.1) is 0 Å². The normalized spacial score (nSPS) is 9.79. The largest absolute Gasteiger partial charge is 0.494 e. The molecule has 0 aliphatic rings. The van der Waals surface area contributed by atoms with Crippen molar-refractivity contribution in [2.75, 3.05) is 12.4 Å². The molecule has 0 aromatic heterocycles. The first-order valence-corrected chi connectivity index (χ1v) is 5.82. The maximum Gasteiger partial charge on any atom is 0.145 e. The molecule has 0 aliphatic heterocycles. The molecule has 0 fully saturated rings. The lowest BCUT2D eigenvalue weighted by molar-refractivity contribution is 0.413. The molecule has 96 valence electrons. The van der Waals surface area contributed by atoms with Crippen LogP contribution in [0.2, 0.25) is 5.02 Å². The van der Waals surface area contributed by atoms with Crippen LogP contribution in [-0.2, 0) is 0 Å². The van der Waals surface area contributed by atoms with E-state index in [4.69, 9.17) is 21.6 Å². The highest BCUT2D eigenvalue weighted by Gasteiger charge is 2.09. The van der Waals surface area contributed by atoms with E-state index in [-0.39, 0.29) is 0 Å². The second-order valence-electron chi connectivity index (χ2n) is 3.74. The van der Waals surface area contributed by atoms with Crippen molar-refractivity contribution in [2.24, 2.45) is 0 Å². The highest BCUT2D eigenvalue weighted by atomic mass is 35.5. The molecule has 1 N–H and O–H groups in total. The van der Waals surface area contributed by atoms with E-state index in [9.17, 15) is 4.39 Å². The molecule has 3 nitrogen and oxygen atoms in total. The Labute approximate surface area is 115 Å². The van der Waals surface area contributed by atoms with Crippen LogP contribution in [0, 0.1) is 17.1 Å². The monoisotopic (exact) mass is 276 g/mol. The summed E-state index contributed by atoms with van der Waals surface area (Å²) in [7, 11) is 1.45. The first-order chi connectivity index (χ1) is 9.15. The van der Waals surface area contributed by atoms with Gasteiger partial charge < -0.3 is 10.1 Å². The van der Waals surface area contributed by atoms with Crippen molar-refractivity contribution in [3.63, 3.8) is 0 Å². The highest BCUT2D eigenvalue weighted by Crippen LogP contribution is 2.31. The zero-order valence-electron chi connectivity index (χ0n) is 10.1. The van der Waals surface area contributed by atoms with Gasteiger partial charge in [0.1, 0.15) is 17.6 Å². The van der Waals surface area contributed by atoms with Crippen molar-refractivity contribution in [1.29, 1.82) is 5.26 Å². The van der Waals surface area contributed by atoms with Crippen LogP contribution in [0.3, 0.4) is 0 Å². The molecule has 2 aromatic carbocycles. The molecule has 19 heavy (non-hydrogen) atoms. The lowest BCUT2D eigenvalue weighted by Crippen LogP contribution is -1.97. The molecular weight excluding hydrogens is 267 g/mol. The van der Waals surface area contributed by atoms with Gasteiger partial charge in [0.15, 0.2) is 0 Å². The Morgan fingerprint density at radius 1 is 1.26 bits per heavy atom. The van der Waals surface area contributed by atoms with Gasteiger partial charge in [-0.25, -0.2) is 4.39 Å². The third kappa shape index (κ3) is 2.78. The molecule has 0 aliphatic carbocycles. The number of nitriles is 1. The van der Waals surface area contributed by atoms with Crippen LogP contribution in [-0.4, -0.2) is 7.11 Å². The van der Waals surface area contributed by atoms with Crippen LogP contribution in [0.5, 0.6) is 5.75 Å². The number of hydrogen-bond acceptors (Lipinski definition) is 3. The molecule has 0 heterocycles. The van der Waals surface area contributed by atoms with Crippen LogP contribution in [0.1, 0.15) is 5.56 Å². The van der Waals surface area contributed by atoms with E-state index in [1.807, 2.05) is 6.07 Å². The number of halogens is 2. The lowest BCUT2D eigenvalue weighted by Gasteiger charge is -2.12. The minimum atomic E-state index is -0.394. The molecular formula is C14H10ClFN2O. The molecule has 0 spiro atoms. The predicted octanol–water partition coefficient (Wildman–Crippen LogP) is 4.10. The van der Waals surface area contributed by atoms with Crippen LogP contribution < -0.4 is 10.1 Å². The van der Waals surface area contributed by atoms with Gasteiger partial charge in [0.05, 0.1) is 29.1 Å². The fourth-order valence-electron chi connectivity index (χ4n) is 1.66. The van der Waals surface area contributed by atoms with E-state index < -0.39 is 5.82 Å². The third-order valence-corrected chi connectivity index (χ3v) is 2.87. The number of nitrogens with one attached hydrogen (secondary N) is 1. The Kier molecular flexibility index (Phi) is 3.88. The van der Waals surface area contributed by atoms with E-state index in [1.165, 1.54) is 25.3 Å². The molecule has 0 unspecified atom stereocenters. The van der Waals surface area contributed by atoms with E-state index >= 15 is 0 Å². The van der Waals surface area contributed by atoms with Crippen LogP contribution in [0.4, 0.5) is 15.8 Å². The van der Waals surface area contributed by atoms with E-state index in [1.54, 1.807) is 18.2 Å². The smallest absolute Gasteiger partial charge is 0.145 e. The zero-order valence-corrected chi connectivity index (χ0v) is 10.8. The topological polar surface area (TPSA) is 45.0 Å². The van der Waals surface area contributed by atoms with Crippen molar-refractivity contribution < 1.29 is 9.13 Å². The summed E-state index contributed by atoms with van der Waals surface area (Å²) in [5.74, 6) is -0.0436. The summed E-state index contributed by atoms with van der Waals surface area (Å²) in [5.41, 5.74) is 1.43. The van der Waals surface area contributed by atoms with Crippen LogP contribution >= 0.6 is 11.6 Å². The van der Waals surface area contributed by atoms with Gasteiger partial charge in [0.2, 0.25) is 0 Å². The Hall–Kier alpha value is -2.25. The second kappa shape index (κ2) is 5.59. The Balaban J connectivity index is 2.42. The van der Waals surface area contributed by atoms with Crippen molar-refractivity contribution >= 4 is 23.0 Å². The van der Waals surface area contributed by atoms with E-state index in [0.29, 0.717) is 27.7 Å². The predicted molar refractivity (Wildman–Crippen MR) is 72.4 cm³/mol. The summed E-state index contributed by atoms with van der Waals surface area (Å²) in [4.78, 5) is 0. The molecule has 0 radical (unpaired) electrons. The van der Waals surface area contributed by atoms with Gasteiger partial charge in [-0.2, -0.15) is 5.26 Å². The number of rotatable bonds is 3. The Morgan fingerprint density at radius 3 is 2.74 bits per heavy atom. The molecule has 0 atom stereocenters. The zero-order chi connectivity index (χ0) is 13.8. The maximum atomic E-state index is 13.1. The maximum absolute atomic E-state index is 13.1. The molecule has 2 aromatic rings.